The fraction of sp³-hybridized carbons (Fsp3) is 0.467. The number of fused-ring (bicyclic) bond motifs is 1. The SMILES string of the molecule is N#Cc1c(F)ccc([C@H]2CN3CCN(C(=O)O)C[C@H]3CO2)c1F. The summed E-state index contributed by atoms with van der Waals surface area (Å²) in [5, 5.41) is 17.9. The molecule has 23 heavy (non-hydrogen) atoms. The zero-order valence-corrected chi connectivity index (χ0v) is 12.2. The zero-order valence-electron chi connectivity index (χ0n) is 12.2. The first kappa shape index (κ1) is 15.6. The Morgan fingerprint density at radius 2 is 2.13 bits per heavy atom. The summed E-state index contributed by atoms with van der Waals surface area (Å²) >= 11 is 0. The van der Waals surface area contributed by atoms with Crippen LogP contribution in [-0.4, -0.2) is 59.8 Å². The molecular weight excluding hydrogens is 308 g/mol. The quantitative estimate of drug-likeness (QED) is 0.849. The van der Waals surface area contributed by atoms with Gasteiger partial charge < -0.3 is 14.7 Å². The van der Waals surface area contributed by atoms with Crippen molar-refractivity contribution in [3.05, 3.63) is 34.9 Å². The van der Waals surface area contributed by atoms with E-state index in [2.05, 4.69) is 0 Å². The Hall–Kier alpha value is -2.24. The molecule has 0 saturated carbocycles. The third-order valence-electron chi connectivity index (χ3n) is 4.34. The number of halogens is 2. The first-order chi connectivity index (χ1) is 11.0. The highest BCUT2D eigenvalue weighted by atomic mass is 19.1. The number of hydrogen-bond acceptors (Lipinski definition) is 4. The lowest BCUT2D eigenvalue weighted by Crippen LogP contribution is -2.59. The minimum absolute atomic E-state index is 0.0740. The lowest BCUT2D eigenvalue weighted by molar-refractivity contribution is -0.0877. The van der Waals surface area contributed by atoms with Crippen LogP contribution in [0.4, 0.5) is 13.6 Å². The number of carbonyl (C=O) groups is 1. The van der Waals surface area contributed by atoms with Crippen LogP contribution in [0, 0.1) is 23.0 Å². The molecule has 0 unspecified atom stereocenters. The molecule has 2 aliphatic rings. The van der Waals surface area contributed by atoms with Gasteiger partial charge in [-0.25, -0.2) is 13.6 Å². The smallest absolute Gasteiger partial charge is 0.407 e. The van der Waals surface area contributed by atoms with Crippen LogP contribution in [0.2, 0.25) is 0 Å². The summed E-state index contributed by atoms with van der Waals surface area (Å²) < 4.78 is 33.3. The second-order valence-corrected chi connectivity index (χ2v) is 5.64. The first-order valence-corrected chi connectivity index (χ1v) is 7.22. The molecule has 6 nitrogen and oxygen atoms in total. The number of piperazine rings is 1. The Morgan fingerprint density at radius 3 is 2.83 bits per heavy atom. The highest BCUT2D eigenvalue weighted by molar-refractivity contribution is 5.65. The van der Waals surface area contributed by atoms with Crippen molar-refractivity contribution < 1.29 is 23.4 Å². The lowest BCUT2D eigenvalue weighted by atomic mass is 10.0. The van der Waals surface area contributed by atoms with E-state index < -0.39 is 29.4 Å². The van der Waals surface area contributed by atoms with Crippen molar-refractivity contribution in [3.8, 4) is 6.07 Å². The molecule has 1 aromatic carbocycles. The largest absolute Gasteiger partial charge is 0.465 e. The first-order valence-electron chi connectivity index (χ1n) is 7.22. The van der Waals surface area contributed by atoms with E-state index in [1.54, 1.807) is 0 Å². The van der Waals surface area contributed by atoms with Gasteiger partial charge in [0.15, 0.2) is 0 Å². The molecule has 1 aromatic rings. The third kappa shape index (κ3) is 2.85. The summed E-state index contributed by atoms with van der Waals surface area (Å²) in [6.07, 6.45) is -1.56. The van der Waals surface area contributed by atoms with E-state index in [9.17, 15) is 13.6 Å². The van der Waals surface area contributed by atoms with Gasteiger partial charge in [-0.2, -0.15) is 5.26 Å². The number of hydrogen-bond donors (Lipinski definition) is 1. The molecule has 1 amide bonds. The van der Waals surface area contributed by atoms with Crippen LogP contribution < -0.4 is 0 Å². The number of benzene rings is 1. The van der Waals surface area contributed by atoms with Gasteiger partial charge in [0.1, 0.15) is 23.3 Å². The van der Waals surface area contributed by atoms with E-state index in [0.717, 1.165) is 6.07 Å². The van der Waals surface area contributed by atoms with Gasteiger partial charge in [0.25, 0.3) is 0 Å². The summed E-state index contributed by atoms with van der Waals surface area (Å²) in [4.78, 5) is 14.4. The summed E-state index contributed by atoms with van der Waals surface area (Å²) in [7, 11) is 0. The van der Waals surface area contributed by atoms with E-state index in [1.807, 2.05) is 4.90 Å². The molecule has 3 rings (SSSR count). The zero-order chi connectivity index (χ0) is 16.6. The summed E-state index contributed by atoms with van der Waals surface area (Å²) in [5.74, 6) is -1.78. The number of carboxylic acid groups (broad SMARTS) is 1. The van der Waals surface area contributed by atoms with Crippen molar-refractivity contribution in [2.45, 2.75) is 12.1 Å². The van der Waals surface area contributed by atoms with E-state index in [0.29, 0.717) is 26.2 Å². The molecule has 0 spiro atoms. The molecule has 0 aliphatic carbocycles. The van der Waals surface area contributed by atoms with Crippen LogP contribution in [0.25, 0.3) is 0 Å². The van der Waals surface area contributed by atoms with Gasteiger partial charge in [-0.3, -0.25) is 4.90 Å². The molecule has 0 radical (unpaired) electrons. The number of ether oxygens (including phenoxy) is 1. The van der Waals surface area contributed by atoms with E-state index >= 15 is 0 Å². The fourth-order valence-corrected chi connectivity index (χ4v) is 3.07. The molecule has 0 bridgehead atoms. The second kappa shape index (κ2) is 6.10. The van der Waals surface area contributed by atoms with E-state index in [-0.39, 0.29) is 18.2 Å². The standard InChI is InChI=1S/C15H15F2N3O3/c16-12-2-1-10(14(17)11(12)5-18)13-7-19-3-4-20(15(21)22)6-9(19)8-23-13/h1-2,9,13H,3-4,6-8H2,(H,21,22)/t9-,13+/m0/s1. The van der Waals surface area contributed by atoms with Crippen molar-refractivity contribution in [1.29, 1.82) is 5.26 Å². The number of nitrogens with zero attached hydrogens (tertiary/aromatic N) is 3. The molecular formula is C15H15F2N3O3. The van der Waals surface area contributed by atoms with Crippen LogP contribution in [-0.2, 0) is 4.74 Å². The van der Waals surface area contributed by atoms with Gasteiger partial charge in [-0.1, -0.05) is 6.07 Å². The van der Waals surface area contributed by atoms with Gasteiger partial charge in [0.2, 0.25) is 0 Å². The number of nitriles is 1. The summed E-state index contributed by atoms with van der Waals surface area (Å²) in [6, 6.07) is 3.81. The van der Waals surface area contributed by atoms with Crippen LogP contribution in [0.15, 0.2) is 12.1 Å². The highest BCUT2D eigenvalue weighted by Crippen LogP contribution is 2.30. The average molecular weight is 323 g/mol. The maximum Gasteiger partial charge on any atom is 0.407 e. The normalized spacial score (nSPS) is 24.8. The van der Waals surface area contributed by atoms with Crippen molar-refractivity contribution in [2.75, 3.05) is 32.8 Å². The second-order valence-electron chi connectivity index (χ2n) is 5.64. The molecule has 2 atom stereocenters. The molecule has 122 valence electrons. The molecule has 2 heterocycles. The Balaban J connectivity index is 1.77. The fourth-order valence-electron chi connectivity index (χ4n) is 3.07. The van der Waals surface area contributed by atoms with E-state index in [4.69, 9.17) is 15.1 Å². The minimum Gasteiger partial charge on any atom is -0.465 e. The Labute approximate surface area is 131 Å². The van der Waals surface area contributed by atoms with Crippen LogP contribution in [0.5, 0.6) is 0 Å². The maximum absolute atomic E-state index is 14.3. The van der Waals surface area contributed by atoms with Gasteiger partial charge >= 0.3 is 6.09 Å². The number of morpholine rings is 1. The van der Waals surface area contributed by atoms with Gasteiger partial charge in [0, 0.05) is 31.7 Å². The monoisotopic (exact) mass is 323 g/mol. The van der Waals surface area contributed by atoms with Crippen LogP contribution in [0.3, 0.4) is 0 Å². The molecule has 0 aromatic heterocycles. The van der Waals surface area contributed by atoms with Crippen molar-refractivity contribution in [1.82, 2.24) is 9.80 Å². The van der Waals surface area contributed by atoms with E-state index in [1.165, 1.54) is 17.0 Å². The highest BCUT2D eigenvalue weighted by Gasteiger charge is 2.36. The van der Waals surface area contributed by atoms with Crippen LogP contribution in [0.1, 0.15) is 17.2 Å². The molecule has 2 fully saturated rings. The Kier molecular flexibility index (Phi) is 4.15. The van der Waals surface area contributed by atoms with Gasteiger partial charge in [0.05, 0.1) is 18.8 Å². The number of amides is 1. The lowest BCUT2D eigenvalue weighted by Gasteiger charge is -2.45. The topological polar surface area (TPSA) is 76.8 Å². The van der Waals surface area contributed by atoms with Gasteiger partial charge in [-0.15, -0.1) is 0 Å². The summed E-state index contributed by atoms with van der Waals surface area (Å²) in [5.41, 5.74) is -0.453. The Morgan fingerprint density at radius 1 is 1.35 bits per heavy atom. The van der Waals surface area contributed by atoms with Crippen molar-refractivity contribution in [3.63, 3.8) is 0 Å². The molecule has 1 N–H and O–H groups in total. The molecule has 2 aliphatic heterocycles. The van der Waals surface area contributed by atoms with Crippen molar-refractivity contribution in [2.24, 2.45) is 0 Å². The predicted octanol–water partition coefficient (Wildman–Crippen LogP) is 1.57. The van der Waals surface area contributed by atoms with Gasteiger partial charge in [-0.05, 0) is 6.07 Å². The third-order valence-corrected chi connectivity index (χ3v) is 4.34. The molecule has 2 saturated heterocycles. The van der Waals surface area contributed by atoms with Crippen LogP contribution >= 0.6 is 0 Å². The van der Waals surface area contributed by atoms with Crippen molar-refractivity contribution >= 4 is 6.09 Å². The Bertz CT molecular complexity index is 677. The number of rotatable bonds is 1. The average Bonchev–Trinajstić information content (AvgIpc) is 2.54. The molecule has 8 heteroatoms. The predicted molar refractivity (Wildman–Crippen MR) is 74.7 cm³/mol. The summed E-state index contributed by atoms with van der Waals surface area (Å²) in [6.45, 7) is 1.90. The maximum atomic E-state index is 14.3. The minimum atomic E-state index is -0.963.